The average molecular weight is 311 g/mol. The summed E-state index contributed by atoms with van der Waals surface area (Å²) in [4.78, 5) is 5.30. The molecule has 0 aliphatic carbocycles. The molecule has 0 unspecified atom stereocenters. The van der Waals surface area contributed by atoms with Gasteiger partial charge >= 0.3 is 0 Å². The van der Waals surface area contributed by atoms with E-state index in [1.54, 1.807) is 6.26 Å². The van der Waals surface area contributed by atoms with Crippen molar-refractivity contribution in [3.8, 4) is 0 Å². The standard InChI is InChI=1S/C15H19ClN2OS/c1-10(2)7-17-8-12-4-5-13(6-14(12)16)20-15-18-11(3)9-19-15/h4-6,9-10,17H,7-8H2,1-3H3. The SMILES string of the molecule is Cc1coc(Sc2ccc(CNCC(C)C)c(Cl)c2)n1. The summed E-state index contributed by atoms with van der Waals surface area (Å²) in [6.45, 7) is 8.06. The molecule has 0 fully saturated rings. The zero-order chi connectivity index (χ0) is 14.5. The number of nitrogens with one attached hydrogen (secondary N) is 1. The molecule has 108 valence electrons. The van der Waals surface area contributed by atoms with E-state index >= 15 is 0 Å². The molecule has 1 aromatic carbocycles. The molecule has 5 heteroatoms. The van der Waals surface area contributed by atoms with Crippen LogP contribution in [0, 0.1) is 12.8 Å². The van der Waals surface area contributed by atoms with Crippen LogP contribution in [-0.4, -0.2) is 11.5 Å². The lowest BCUT2D eigenvalue weighted by atomic mass is 10.2. The number of hydrogen-bond donors (Lipinski definition) is 1. The molecule has 3 nitrogen and oxygen atoms in total. The van der Waals surface area contributed by atoms with Crippen molar-refractivity contribution in [2.75, 3.05) is 6.54 Å². The van der Waals surface area contributed by atoms with Crippen LogP contribution >= 0.6 is 23.4 Å². The van der Waals surface area contributed by atoms with Crippen LogP contribution in [0.4, 0.5) is 0 Å². The first-order valence-electron chi connectivity index (χ1n) is 6.63. The summed E-state index contributed by atoms with van der Waals surface area (Å²) in [6.07, 6.45) is 1.65. The Morgan fingerprint density at radius 3 is 2.80 bits per heavy atom. The minimum atomic E-state index is 0.636. The summed E-state index contributed by atoms with van der Waals surface area (Å²) in [5.41, 5.74) is 1.99. The van der Waals surface area contributed by atoms with Crippen LogP contribution < -0.4 is 5.32 Å². The van der Waals surface area contributed by atoms with Gasteiger partial charge in [-0.25, -0.2) is 4.98 Å². The summed E-state index contributed by atoms with van der Waals surface area (Å²) in [7, 11) is 0. The lowest BCUT2D eigenvalue weighted by Gasteiger charge is -2.09. The molecule has 0 radical (unpaired) electrons. The van der Waals surface area contributed by atoms with Crippen molar-refractivity contribution in [3.05, 3.63) is 40.7 Å². The second-order valence-electron chi connectivity index (χ2n) is 5.13. The molecule has 0 aliphatic rings. The van der Waals surface area contributed by atoms with Crippen LogP contribution in [0.25, 0.3) is 0 Å². The van der Waals surface area contributed by atoms with Gasteiger partial charge in [-0.1, -0.05) is 31.5 Å². The molecule has 2 rings (SSSR count). The van der Waals surface area contributed by atoms with Gasteiger partial charge in [0.05, 0.1) is 5.69 Å². The number of aryl methyl sites for hydroxylation is 1. The molecule has 20 heavy (non-hydrogen) atoms. The Hall–Kier alpha value is -0.970. The maximum Gasteiger partial charge on any atom is 0.260 e. The number of aromatic nitrogens is 1. The monoisotopic (exact) mass is 310 g/mol. The zero-order valence-electron chi connectivity index (χ0n) is 11.9. The first kappa shape index (κ1) is 15.4. The van der Waals surface area contributed by atoms with Crippen LogP contribution in [0.5, 0.6) is 0 Å². The van der Waals surface area contributed by atoms with E-state index in [1.807, 2.05) is 25.1 Å². The largest absolute Gasteiger partial charge is 0.439 e. The molecule has 0 aliphatic heterocycles. The Kier molecular flexibility index (Phi) is 5.52. The molecule has 0 bridgehead atoms. The third kappa shape index (κ3) is 4.54. The average Bonchev–Trinajstić information content (AvgIpc) is 2.77. The van der Waals surface area contributed by atoms with Gasteiger partial charge in [0, 0.05) is 16.5 Å². The maximum atomic E-state index is 6.31. The minimum Gasteiger partial charge on any atom is -0.439 e. The Morgan fingerprint density at radius 2 is 2.20 bits per heavy atom. The molecule has 0 saturated heterocycles. The van der Waals surface area contributed by atoms with Crippen molar-refractivity contribution in [2.45, 2.75) is 37.4 Å². The molecule has 1 N–H and O–H groups in total. The number of oxazole rings is 1. The smallest absolute Gasteiger partial charge is 0.260 e. The fraction of sp³-hybridized carbons (Fsp3) is 0.400. The highest BCUT2D eigenvalue weighted by Gasteiger charge is 2.07. The molecule has 0 atom stereocenters. The van der Waals surface area contributed by atoms with Gasteiger partial charge in [0.25, 0.3) is 5.22 Å². The summed E-state index contributed by atoms with van der Waals surface area (Å²) in [5.74, 6) is 0.636. The van der Waals surface area contributed by atoms with Crippen LogP contribution in [0.15, 0.2) is 39.0 Å². The molecular formula is C15H19ClN2OS. The zero-order valence-corrected chi connectivity index (χ0v) is 13.5. The maximum absolute atomic E-state index is 6.31. The van der Waals surface area contributed by atoms with Gasteiger partial charge in [0.2, 0.25) is 0 Å². The summed E-state index contributed by atoms with van der Waals surface area (Å²) in [5, 5.41) is 4.81. The highest BCUT2D eigenvalue weighted by atomic mass is 35.5. The molecule has 1 aromatic heterocycles. The van der Waals surface area contributed by atoms with Gasteiger partial charge in [-0.15, -0.1) is 0 Å². The number of benzene rings is 1. The first-order chi connectivity index (χ1) is 9.54. The van der Waals surface area contributed by atoms with Gasteiger partial charge in [0.15, 0.2) is 0 Å². The number of halogens is 1. The number of hydrogen-bond acceptors (Lipinski definition) is 4. The fourth-order valence-corrected chi connectivity index (χ4v) is 2.82. The predicted molar refractivity (Wildman–Crippen MR) is 83.4 cm³/mol. The quantitative estimate of drug-likeness (QED) is 0.850. The second-order valence-corrected chi connectivity index (χ2v) is 6.57. The molecular weight excluding hydrogens is 292 g/mol. The summed E-state index contributed by atoms with van der Waals surface area (Å²) >= 11 is 7.79. The van der Waals surface area contributed by atoms with E-state index in [1.165, 1.54) is 11.8 Å². The van der Waals surface area contributed by atoms with Gasteiger partial charge in [0.1, 0.15) is 6.26 Å². The summed E-state index contributed by atoms with van der Waals surface area (Å²) in [6, 6.07) is 6.05. The molecule has 0 amide bonds. The van der Waals surface area contributed by atoms with E-state index in [-0.39, 0.29) is 0 Å². The molecule has 2 aromatic rings. The molecule has 1 heterocycles. The van der Waals surface area contributed by atoms with Crippen molar-refractivity contribution in [1.29, 1.82) is 0 Å². The van der Waals surface area contributed by atoms with Crippen LogP contribution in [-0.2, 0) is 6.54 Å². The van der Waals surface area contributed by atoms with E-state index in [4.69, 9.17) is 16.0 Å². The third-order valence-corrected chi connectivity index (χ3v) is 3.90. The van der Waals surface area contributed by atoms with E-state index in [9.17, 15) is 0 Å². The topological polar surface area (TPSA) is 38.1 Å². The second kappa shape index (κ2) is 7.16. The number of rotatable bonds is 6. The summed E-state index contributed by atoms with van der Waals surface area (Å²) < 4.78 is 5.33. The van der Waals surface area contributed by atoms with Crippen molar-refractivity contribution in [1.82, 2.24) is 10.3 Å². The molecule has 0 saturated carbocycles. The highest BCUT2D eigenvalue weighted by molar-refractivity contribution is 7.99. The Labute approximate surface area is 129 Å². The third-order valence-electron chi connectivity index (χ3n) is 2.70. The predicted octanol–water partition coefficient (Wildman–Crippen LogP) is 4.53. The van der Waals surface area contributed by atoms with E-state index in [0.717, 1.165) is 34.3 Å². The van der Waals surface area contributed by atoms with Crippen molar-refractivity contribution in [2.24, 2.45) is 5.92 Å². The lowest BCUT2D eigenvalue weighted by molar-refractivity contribution is 0.454. The fourth-order valence-electron chi connectivity index (χ4n) is 1.71. The highest BCUT2D eigenvalue weighted by Crippen LogP contribution is 2.30. The van der Waals surface area contributed by atoms with Crippen LogP contribution in [0.2, 0.25) is 5.02 Å². The molecule has 0 spiro atoms. The normalized spacial score (nSPS) is 11.2. The lowest BCUT2D eigenvalue weighted by Crippen LogP contribution is -2.19. The number of nitrogens with zero attached hydrogens (tertiary/aromatic N) is 1. The van der Waals surface area contributed by atoms with E-state index in [2.05, 4.69) is 24.1 Å². The Morgan fingerprint density at radius 1 is 1.40 bits per heavy atom. The van der Waals surface area contributed by atoms with Gasteiger partial charge in [-0.05, 0) is 48.8 Å². The van der Waals surface area contributed by atoms with Crippen LogP contribution in [0.1, 0.15) is 25.1 Å². The van der Waals surface area contributed by atoms with Gasteiger partial charge in [-0.2, -0.15) is 0 Å². The van der Waals surface area contributed by atoms with Crippen molar-refractivity contribution in [3.63, 3.8) is 0 Å². The van der Waals surface area contributed by atoms with Crippen molar-refractivity contribution >= 4 is 23.4 Å². The van der Waals surface area contributed by atoms with Crippen molar-refractivity contribution < 1.29 is 4.42 Å². The van der Waals surface area contributed by atoms with Gasteiger partial charge in [-0.3, -0.25) is 0 Å². The van der Waals surface area contributed by atoms with Gasteiger partial charge < -0.3 is 9.73 Å². The minimum absolute atomic E-state index is 0.636. The van der Waals surface area contributed by atoms with E-state index in [0.29, 0.717) is 11.1 Å². The Bertz CT molecular complexity index is 569. The first-order valence-corrected chi connectivity index (χ1v) is 7.83. The Balaban J connectivity index is 1.98. The van der Waals surface area contributed by atoms with E-state index < -0.39 is 0 Å². The van der Waals surface area contributed by atoms with Crippen LogP contribution in [0.3, 0.4) is 0 Å².